The van der Waals surface area contributed by atoms with Crippen molar-refractivity contribution in [2.24, 2.45) is 0 Å². The molecule has 0 fully saturated rings. The molecule has 0 amide bonds. The van der Waals surface area contributed by atoms with Crippen LogP contribution < -0.4 is 9.30 Å². The van der Waals surface area contributed by atoms with E-state index >= 15 is 0 Å². The topological polar surface area (TPSA) is 100 Å². The molecule has 0 aliphatic carbocycles. The van der Waals surface area contributed by atoms with Gasteiger partial charge in [-0.05, 0) is 37.6 Å². The molecule has 1 aromatic heterocycles. The molecular weight excluding hydrogens is 492 g/mol. The number of nitrogens with zero attached hydrogens (tertiary/aromatic N) is 3. The summed E-state index contributed by atoms with van der Waals surface area (Å²) < 4.78 is 119. The lowest BCUT2D eigenvalue weighted by Gasteiger charge is -2.22. The van der Waals surface area contributed by atoms with Crippen molar-refractivity contribution < 1.29 is 52.5 Å². The smallest absolute Gasteiger partial charge is 0.480 e. The van der Waals surface area contributed by atoms with Gasteiger partial charge < -0.3 is 8.86 Å². The van der Waals surface area contributed by atoms with Crippen LogP contribution in [0.1, 0.15) is 20.3 Å². The number of rotatable bonds is 7. The summed E-state index contributed by atoms with van der Waals surface area (Å²) in [4.78, 5) is 0. The second-order valence-corrected chi connectivity index (χ2v) is 9.32. The molecule has 0 saturated carbocycles. The Morgan fingerprint density at radius 3 is 1.84 bits per heavy atom. The molecular formula is C16H19F6N3O5S2. The molecule has 0 aliphatic heterocycles. The number of ether oxygens (including phenoxy) is 1. The highest BCUT2D eigenvalue weighted by Gasteiger charge is 2.46. The normalized spacial score (nSPS) is 12.8. The average molecular weight is 511 g/mol. The van der Waals surface area contributed by atoms with Crippen molar-refractivity contribution in [3.05, 3.63) is 47.1 Å². The fraction of sp³-hybridized carbons (Fsp3) is 0.438. The Morgan fingerprint density at radius 2 is 1.44 bits per heavy atom. The van der Waals surface area contributed by atoms with Crippen molar-refractivity contribution in [2.75, 3.05) is 6.61 Å². The average Bonchev–Trinajstić information content (AvgIpc) is 3.09. The van der Waals surface area contributed by atoms with E-state index in [1.807, 2.05) is 19.1 Å². The first-order valence-electron chi connectivity index (χ1n) is 8.71. The summed E-state index contributed by atoms with van der Waals surface area (Å²) in [6.45, 7) is 5.94. The fourth-order valence-corrected chi connectivity index (χ4v) is 3.74. The zero-order valence-electron chi connectivity index (χ0n) is 16.6. The Labute approximate surface area is 180 Å². The van der Waals surface area contributed by atoms with Crippen molar-refractivity contribution in [1.29, 1.82) is 0 Å². The van der Waals surface area contributed by atoms with Crippen LogP contribution >= 0.6 is 0 Å². The molecule has 182 valence electrons. The molecule has 0 N–H and O–H groups in total. The number of aryl methyl sites for hydroxylation is 1. The number of alkyl halides is 6. The number of halogens is 6. The SMILES string of the molecule is CCC[n+]1ccn(-c2ccc(OCC)cc2)c1.O=S(=O)([N-]S(=O)(=O)C(F)(F)F)C(F)(F)F. The third-order valence-corrected chi connectivity index (χ3v) is 6.14. The number of hydrogen-bond acceptors (Lipinski definition) is 5. The van der Waals surface area contributed by atoms with Crippen LogP contribution in [0, 0.1) is 0 Å². The zero-order chi connectivity index (χ0) is 24.8. The summed E-state index contributed by atoms with van der Waals surface area (Å²) >= 11 is 0. The first kappa shape index (κ1) is 27.7. The second-order valence-electron chi connectivity index (χ2n) is 5.90. The van der Waals surface area contributed by atoms with Crippen molar-refractivity contribution in [2.45, 2.75) is 37.8 Å². The van der Waals surface area contributed by atoms with Gasteiger partial charge in [0.2, 0.25) is 6.33 Å². The molecule has 16 heteroatoms. The molecule has 0 bridgehead atoms. The molecule has 1 heterocycles. The highest BCUT2D eigenvalue weighted by molar-refractivity contribution is 8.13. The third kappa shape index (κ3) is 7.67. The Hall–Kier alpha value is -2.33. The van der Waals surface area contributed by atoms with Crippen molar-refractivity contribution in [1.82, 2.24) is 4.57 Å². The molecule has 1 aromatic carbocycles. The van der Waals surface area contributed by atoms with E-state index in [4.69, 9.17) is 4.74 Å². The zero-order valence-corrected chi connectivity index (χ0v) is 18.3. The quantitative estimate of drug-likeness (QED) is 0.418. The van der Waals surface area contributed by atoms with Gasteiger partial charge in [0.05, 0.1) is 13.2 Å². The number of imidazole rings is 1. The Morgan fingerprint density at radius 1 is 0.938 bits per heavy atom. The molecule has 2 aromatic rings. The molecule has 0 unspecified atom stereocenters. The van der Waals surface area contributed by atoms with Crippen LogP contribution in [-0.2, 0) is 26.6 Å². The highest BCUT2D eigenvalue weighted by Crippen LogP contribution is 2.36. The lowest BCUT2D eigenvalue weighted by molar-refractivity contribution is -0.696. The van der Waals surface area contributed by atoms with E-state index in [0.29, 0.717) is 6.61 Å². The molecule has 0 atom stereocenters. The molecule has 0 saturated heterocycles. The van der Waals surface area contributed by atoms with Gasteiger partial charge in [0.15, 0.2) is 20.0 Å². The summed E-state index contributed by atoms with van der Waals surface area (Å²) in [5, 5.41) is 0. The van der Waals surface area contributed by atoms with Gasteiger partial charge in [-0.1, -0.05) is 6.92 Å². The predicted octanol–water partition coefficient (Wildman–Crippen LogP) is 3.63. The van der Waals surface area contributed by atoms with Gasteiger partial charge in [0.1, 0.15) is 23.8 Å². The largest absolute Gasteiger partial charge is 0.494 e. The third-order valence-electron chi connectivity index (χ3n) is 3.40. The summed E-state index contributed by atoms with van der Waals surface area (Å²) in [5.74, 6) is 0.921. The van der Waals surface area contributed by atoms with Gasteiger partial charge in [0.25, 0.3) is 0 Å². The lowest BCUT2D eigenvalue weighted by atomic mass is 10.3. The summed E-state index contributed by atoms with van der Waals surface area (Å²) in [7, 11) is -13.4. The standard InChI is InChI=1S/C14H19N2O.C2F6NO4S2/c1-3-9-15-10-11-16(12-15)13-5-7-14(8-6-13)17-4-2;3-1(4,5)14(10,11)9-15(12,13)2(6,7)8/h5-8,10-12H,3-4,9H2,1-2H3;/q+1;-1. The molecule has 0 spiro atoms. The van der Waals surface area contributed by atoms with E-state index in [-0.39, 0.29) is 0 Å². The van der Waals surface area contributed by atoms with Crippen LogP contribution in [0.5, 0.6) is 5.75 Å². The van der Waals surface area contributed by atoms with Crippen LogP contribution in [0.3, 0.4) is 0 Å². The van der Waals surface area contributed by atoms with Gasteiger partial charge in [-0.3, -0.25) is 0 Å². The van der Waals surface area contributed by atoms with Crippen molar-refractivity contribution >= 4 is 20.0 Å². The number of sulfonamides is 2. The summed E-state index contributed by atoms with van der Waals surface area (Å²) in [6.07, 6.45) is 7.43. The maximum absolute atomic E-state index is 11.4. The minimum atomic E-state index is -6.72. The molecule has 8 nitrogen and oxygen atoms in total. The lowest BCUT2D eigenvalue weighted by Crippen LogP contribution is -2.30. The van der Waals surface area contributed by atoms with Gasteiger partial charge in [-0.15, -0.1) is 0 Å². The van der Waals surface area contributed by atoms with E-state index < -0.39 is 31.1 Å². The Bertz CT molecular complexity index is 1040. The predicted molar refractivity (Wildman–Crippen MR) is 101 cm³/mol. The van der Waals surface area contributed by atoms with Crippen LogP contribution in [0.15, 0.2) is 43.0 Å². The molecule has 32 heavy (non-hydrogen) atoms. The number of aromatic nitrogens is 2. The van der Waals surface area contributed by atoms with Gasteiger partial charge in [-0.25, -0.2) is 26.0 Å². The number of benzene rings is 1. The number of hydrogen-bond donors (Lipinski definition) is 0. The monoisotopic (exact) mass is 511 g/mol. The fourth-order valence-electron chi connectivity index (χ4n) is 2.03. The van der Waals surface area contributed by atoms with E-state index in [1.54, 1.807) is 0 Å². The summed E-state index contributed by atoms with van der Waals surface area (Å²) in [5.41, 5.74) is -11.3. The van der Waals surface area contributed by atoms with E-state index in [0.717, 1.165) is 28.5 Å². The van der Waals surface area contributed by atoms with Crippen molar-refractivity contribution in [3.8, 4) is 11.4 Å². The summed E-state index contributed by atoms with van der Waals surface area (Å²) in [6, 6.07) is 8.15. The maximum Gasteiger partial charge on any atom is 0.480 e. The Kier molecular flexibility index (Phi) is 9.11. The maximum atomic E-state index is 11.4. The second kappa shape index (κ2) is 10.5. The molecule has 2 rings (SSSR count). The van der Waals surface area contributed by atoms with E-state index in [9.17, 15) is 43.2 Å². The Balaban J connectivity index is 0.000000324. The van der Waals surface area contributed by atoms with Gasteiger partial charge >= 0.3 is 11.0 Å². The van der Waals surface area contributed by atoms with E-state index in [1.165, 1.54) is 0 Å². The van der Waals surface area contributed by atoms with Gasteiger partial charge in [-0.2, -0.15) is 26.3 Å². The first-order valence-corrected chi connectivity index (χ1v) is 11.6. The molecule has 0 radical (unpaired) electrons. The van der Waals surface area contributed by atoms with Crippen molar-refractivity contribution in [3.63, 3.8) is 0 Å². The minimum Gasteiger partial charge on any atom is -0.494 e. The van der Waals surface area contributed by atoms with Gasteiger partial charge in [0, 0.05) is 0 Å². The van der Waals surface area contributed by atoms with Crippen LogP contribution in [0.2, 0.25) is 0 Å². The van der Waals surface area contributed by atoms with Crippen LogP contribution in [0.25, 0.3) is 9.81 Å². The highest BCUT2D eigenvalue weighted by atomic mass is 32.3. The van der Waals surface area contributed by atoms with Crippen LogP contribution in [0.4, 0.5) is 26.3 Å². The first-order chi connectivity index (χ1) is 14.5. The van der Waals surface area contributed by atoms with E-state index in [2.05, 4.69) is 46.9 Å². The van der Waals surface area contributed by atoms with Crippen LogP contribution in [-0.4, -0.2) is 39.0 Å². The molecule has 0 aliphatic rings. The minimum absolute atomic E-state index is 0.708.